The smallest absolute Gasteiger partial charge is 0.410 e. The minimum atomic E-state index is -0.519. The van der Waals surface area contributed by atoms with Gasteiger partial charge in [-0.3, -0.25) is 4.90 Å². The number of hydrogen-bond donors (Lipinski definition) is 0. The van der Waals surface area contributed by atoms with Crippen LogP contribution in [0.1, 0.15) is 47.2 Å². The lowest BCUT2D eigenvalue weighted by atomic mass is 10.2. The molecule has 1 aromatic rings. The van der Waals surface area contributed by atoms with Crippen LogP contribution in [0.25, 0.3) is 0 Å². The lowest BCUT2D eigenvalue weighted by Crippen LogP contribution is -2.47. The Morgan fingerprint density at radius 2 is 1.92 bits per heavy atom. The molecule has 0 aromatic carbocycles. The van der Waals surface area contributed by atoms with Crippen LogP contribution < -0.4 is 0 Å². The number of aromatic nitrogens is 1. The lowest BCUT2D eigenvalue weighted by molar-refractivity contribution is 0.0119. The van der Waals surface area contributed by atoms with Crippen LogP contribution in [0.2, 0.25) is 0 Å². The van der Waals surface area contributed by atoms with Gasteiger partial charge in [0, 0.05) is 12.6 Å². The molecule has 0 bridgehead atoms. The van der Waals surface area contributed by atoms with E-state index in [2.05, 4.69) is 46.6 Å². The maximum absolute atomic E-state index is 12.7. The van der Waals surface area contributed by atoms with Crippen molar-refractivity contribution in [1.29, 1.82) is 0 Å². The first-order valence-corrected chi connectivity index (χ1v) is 9.29. The van der Waals surface area contributed by atoms with E-state index in [1.807, 2.05) is 39.0 Å². The molecule has 6 heteroatoms. The van der Waals surface area contributed by atoms with E-state index in [1.165, 1.54) is 0 Å². The van der Waals surface area contributed by atoms with Crippen molar-refractivity contribution in [1.82, 2.24) is 14.8 Å². The Hall–Kier alpha value is -1.14. The maximum Gasteiger partial charge on any atom is 0.410 e. The van der Waals surface area contributed by atoms with Gasteiger partial charge in [0.15, 0.2) is 0 Å². The summed E-state index contributed by atoms with van der Waals surface area (Å²) in [5, 5.41) is 0. The summed E-state index contributed by atoms with van der Waals surface area (Å²) in [5.41, 5.74) is 0.316. The average molecular weight is 400 g/mol. The second kappa shape index (κ2) is 9.37. The zero-order chi connectivity index (χ0) is 18.3. The van der Waals surface area contributed by atoms with E-state index >= 15 is 0 Å². The summed E-state index contributed by atoms with van der Waals surface area (Å²) in [6.07, 6.45) is -0.302. The van der Waals surface area contributed by atoms with Crippen LogP contribution in [0.3, 0.4) is 0 Å². The van der Waals surface area contributed by atoms with E-state index in [-0.39, 0.29) is 12.1 Å². The van der Waals surface area contributed by atoms with Gasteiger partial charge in [0.1, 0.15) is 10.2 Å². The van der Waals surface area contributed by atoms with Gasteiger partial charge in [0.2, 0.25) is 0 Å². The third-order valence-corrected chi connectivity index (χ3v) is 4.12. The molecule has 1 unspecified atom stereocenters. The Kier molecular flexibility index (Phi) is 8.16. The number of carbonyl (C=O) groups excluding carboxylic acids is 1. The molecule has 0 aliphatic carbocycles. The molecule has 1 aromatic heterocycles. The highest BCUT2D eigenvalue weighted by atomic mass is 79.9. The van der Waals surface area contributed by atoms with Crippen molar-refractivity contribution < 1.29 is 9.53 Å². The molecule has 0 saturated carbocycles. The van der Waals surface area contributed by atoms with Gasteiger partial charge < -0.3 is 9.64 Å². The second-order valence-electron chi connectivity index (χ2n) is 6.89. The highest BCUT2D eigenvalue weighted by Gasteiger charge is 2.27. The first kappa shape index (κ1) is 20.9. The van der Waals surface area contributed by atoms with E-state index < -0.39 is 5.60 Å². The summed E-state index contributed by atoms with van der Waals surface area (Å²) in [5.74, 6) is 0. The topological polar surface area (TPSA) is 45.7 Å². The zero-order valence-corrected chi connectivity index (χ0v) is 17.3. The van der Waals surface area contributed by atoms with Crippen LogP contribution in [0.5, 0.6) is 0 Å². The fourth-order valence-corrected chi connectivity index (χ4v) is 2.77. The number of rotatable bonds is 7. The van der Waals surface area contributed by atoms with E-state index in [9.17, 15) is 4.79 Å². The summed E-state index contributed by atoms with van der Waals surface area (Å²) < 4.78 is 6.37. The van der Waals surface area contributed by atoms with E-state index in [4.69, 9.17) is 4.74 Å². The van der Waals surface area contributed by atoms with Gasteiger partial charge in [0.05, 0.1) is 12.2 Å². The Bertz CT molecular complexity index is 527. The van der Waals surface area contributed by atoms with Gasteiger partial charge in [-0.2, -0.15) is 0 Å². The normalized spacial score (nSPS) is 13.0. The molecule has 24 heavy (non-hydrogen) atoms. The standard InChI is InChI=1S/C18H30BrN3O2/c1-7-21(8-2)12-14(3)22(17(23)24-18(4,5)6)13-15-10-9-11-16(19)20-15/h9-11,14H,7-8,12-13H2,1-6H3. The van der Waals surface area contributed by atoms with E-state index in [0.29, 0.717) is 6.54 Å². The molecule has 0 fully saturated rings. The van der Waals surface area contributed by atoms with Crippen molar-refractivity contribution >= 4 is 22.0 Å². The fourth-order valence-electron chi connectivity index (χ4n) is 2.39. The van der Waals surface area contributed by atoms with Crippen LogP contribution in [-0.4, -0.2) is 52.2 Å². The summed E-state index contributed by atoms with van der Waals surface area (Å²) in [4.78, 5) is 21.2. The van der Waals surface area contributed by atoms with Gasteiger partial charge in [0.25, 0.3) is 0 Å². The van der Waals surface area contributed by atoms with Crippen molar-refractivity contribution in [2.45, 2.75) is 59.7 Å². The predicted molar refractivity (Wildman–Crippen MR) is 101 cm³/mol. The van der Waals surface area contributed by atoms with Crippen molar-refractivity contribution in [2.24, 2.45) is 0 Å². The number of amides is 1. The molecule has 0 aliphatic rings. The number of carbonyl (C=O) groups is 1. The predicted octanol–water partition coefficient (Wildman–Crippen LogP) is 4.31. The summed E-state index contributed by atoms with van der Waals surface area (Å²) in [7, 11) is 0. The van der Waals surface area contributed by atoms with Gasteiger partial charge in [-0.15, -0.1) is 0 Å². The van der Waals surface area contributed by atoms with Gasteiger partial charge >= 0.3 is 6.09 Å². The van der Waals surface area contributed by atoms with Gasteiger partial charge in [-0.1, -0.05) is 19.9 Å². The van der Waals surface area contributed by atoms with Crippen LogP contribution in [-0.2, 0) is 11.3 Å². The third kappa shape index (κ3) is 7.18. The Morgan fingerprint density at radius 3 is 2.42 bits per heavy atom. The van der Waals surface area contributed by atoms with Crippen LogP contribution in [0.15, 0.2) is 22.8 Å². The first-order valence-electron chi connectivity index (χ1n) is 8.49. The van der Waals surface area contributed by atoms with Crippen molar-refractivity contribution in [3.63, 3.8) is 0 Å². The molecule has 1 amide bonds. The second-order valence-corrected chi connectivity index (χ2v) is 7.71. The van der Waals surface area contributed by atoms with E-state index in [0.717, 1.165) is 29.9 Å². The maximum atomic E-state index is 12.7. The Labute approximate surface area is 154 Å². The number of likely N-dealkylation sites (N-methyl/N-ethyl adjacent to an activating group) is 1. The van der Waals surface area contributed by atoms with Gasteiger partial charge in [-0.05, 0) is 68.8 Å². The highest BCUT2D eigenvalue weighted by molar-refractivity contribution is 9.10. The van der Waals surface area contributed by atoms with Crippen molar-refractivity contribution in [2.75, 3.05) is 19.6 Å². The monoisotopic (exact) mass is 399 g/mol. The van der Waals surface area contributed by atoms with E-state index in [1.54, 1.807) is 4.90 Å². The summed E-state index contributed by atoms with van der Waals surface area (Å²) >= 11 is 3.38. The SMILES string of the molecule is CCN(CC)CC(C)N(Cc1cccc(Br)n1)C(=O)OC(C)(C)C. The Morgan fingerprint density at radius 1 is 1.29 bits per heavy atom. The summed E-state index contributed by atoms with van der Waals surface area (Å²) in [6.45, 7) is 15.1. The van der Waals surface area contributed by atoms with Crippen molar-refractivity contribution in [3.8, 4) is 0 Å². The number of nitrogens with zero attached hydrogens (tertiary/aromatic N) is 3. The van der Waals surface area contributed by atoms with Gasteiger partial charge in [-0.25, -0.2) is 9.78 Å². The van der Waals surface area contributed by atoms with Crippen LogP contribution in [0.4, 0.5) is 4.79 Å². The molecule has 1 heterocycles. The number of pyridine rings is 1. The summed E-state index contributed by atoms with van der Waals surface area (Å²) in [6, 6.07) is 5.75. The molecule has 0 spiro atoms. The molecule has 0 aliphatic heterocycles. The number of halogens is 1. The molecular formula is C18H30BrN3O2. The molecule has 0 saturated heterocycles. The number of ether oxygens (including phenoxy) is 1. The molecule has 0 N–H and O–H groups in total. The zero-order valence-electron chi connectivity index (χ0n) is 15.7. The average Bonchev–Trinajstić information content (AvgIpc) is 2.48. The Balaban J connectivity index is 2.95. The molecule has 1 atom stereocenters. The highest BCUT2D eigenvalue weighted by Crippen LogP contribution is 2.16. The minimum Gasteiger partial charge on any atom is -0.444 e. The number of hydrogen-bond acceptors (Lipinski definition) is 4. The van der Waals surface area contributed by atoms with Crippen molar-refractivity contribution in [3.05, 3.63) is 28.5 Å². The molecule has 5 nitrogen and oxygen atoms in total. The molecule has 0 radical (unpaired) electrons. The third-order valence-electron chi connectivity index (χ3n) is 3.68. The van der Waals surface area contributed by atoms with Crippen LogP contribution >= 0.6 is 15.9 Å². The molecule has 1 rings (SSSR count). The fraction of sp³-hybridized carbons (Fsp3) is 0.667. The largest absolute Gasteiger partial charge is 0.444 e. The lowest BCUT2D eigenvalue weighted by Gasteiger charge is -2.34. The minimum absolute atomic E-state index is 0.0283. The quantitative estimate of drug-likeness (QED) is 0.640. The first-order chi connectivity index (χ1) is 11.2. The van der Waals surface area contributed by atoms with Crippen LogP contribution in [0, 0.1) is 0 Å². The molecular weight excluding hydrogens is 370 g/mol. The molecule has 136 valence electrons.